The minimum atomic E-state index is -0.143. The van der Waals surface area contributed by atoms with Crippen LogP contribution in [0.3, 0.4) is 0 Å². The van der Waals surface area contributed by atoms with E-state index in [-0.39, 0.29) is 24.0 Å². The number of carbonyl (C=O) groups is 2. The van der Waals surface area contributed by atoms with Crippen molar-refractivity contribution in [2.45, 2.75) is 44.7 Å². The predicted molar refractivity (Wildman–Crippen MR) is 86.6 cm³/mol. The number of nitrogens with one attached hydrogen (secondary N) is 2. The topological polar surface area (TPSA) is 61.4 Å². The standard InChI is InChI=1S/C17H25N3O2/c1-3-14(11-13-7-5-4-6-8-13)18-17(22)19-15-9-10-16(21)20(2)12-15/h4-8,14-15H,3,9-12H2,1-2H3,(H2,18,19,22)/t14-,15+/m0/s1. The lowest BCUT2D eigenvalue weighted by Crippen LogP contribution is -2.52. The van der Waals surface area contributed by atoms with Crippen molar-refractivity contribution < 1.29 is 9.59 Å². The number of piperidine rings is 1. The van der Waals surface area contributed by atoms with Gasteiger partial charge in [0.05, 0.1) is 0 Å². The van der Waals surface area contributed by atoms with E-state index in [1.165, 1.54) is 5.56 Å². The van der Waals surface area contributed by atoms with Crippen LogP contribution in [0.15, 0.2) is 30.3 Å². The summed E-state index contributed by atoms with van der Waals surface area (Å²) in [6.45, 7) is 2.66. The van der Waals surface area contributed by atoms with Gasteiger partial charge in [-0.15, -0.1) is 0 Å². The van der Waals surface area contributed by atoms with Gasteiger partial charge in [0.25, 0.3) is 0 Å². The highest BCUT2D eigenvalue weighted by Crippen LogP contribution is 2.10. The normalized spacial score (nSPS) is 19.6. The monoisotopic (exact) mass is 303 g/mol. The van der Waals surface area contributed by atoms with Crippen molar-refractivity contribution in [2.24, 2.45) is 0 Å². The number of urea groups is 1. The molecular formula is C17H25N3O2. The Morgan fingerprint density at radius 1 is 1.36 bits per heavy atom. The fourth-order valence-electron chi connectivity index (χ4n) is 2.74. The average molecular weight is 303 g/mol. The highest BCUT2D eigenvalue weighted by atomic mass is 16.2. The molecule has 0 spiro atoms. The Kier molecular flexibility index (Phi) is 5.81. The molecule has 0 unspecified atom stereocenters. The number of carbonyl (C=O) groups excluding carboxylic acids is 2. The Hall–Kier alpha value is -2.04. The molecule has 3 amide bonds. The summed E-state index contributed by atoms with van der Waals surface area (Å²) >= 11 is 0. The number of benzene rings is 1. The van der Waals surface area contributed by atoms with Crippen molar-refractivity contribution in [1.82, 2.24) is 15.5 Å². The minimum Gasteiger partial charge on any atom is -0.344 e. The van der Waals surface area contributed by atoms with E-state index in [1.54, 1.807) is 11.9 Å². The third kappa shape index (κ3) is 4.76. The first kappa shape index (κ1) is 16.3. The Morgan fingerprint density at radius 3 is 2.73 bits per heavy atom. The van der Waals surface area contributed by atoms with Gasteiger partial charge in [0.15, 0.2) is 0 Å². The molecule has 0 radical (unpaired) electrons. The number of hydrogen-bond donors (Lipinski definition) is 2. The maximum absolute atomic E-state index is 12.1. The first-order valence-corrected chi connectivity index (χ1v) is 7.93. The molecule has 2 atom stereocenters. The Labute approximate surface area is 132 Å². The predicted octanol–water partition coefficient (Wildman–Crippen LogP) is 1.93. The van der Waals surface area contributed by atoms with E-state index in [9.17, 15) is 9.59 Å². The average Bonchev–Trinajstić information content (AvgIpc) is 2.51. The van der Waals surface area contributed by atoms with Crippen LogP contribution in [0.2, 0.25) is 0 Å². The maximum atomic E-state index is 12.1. The molecule has 1 aromatic carbocycles. The molecule has 0 saturated carbocycles. The van der Waals surface area contributed by atoms with Gasteiger partial charge in [0, 0.05) is 32.1 Å². The van der Waals surface area contributed by atoms with E-state index in [4.69, 9.17) is 0 Å². The van der Waals surface area contributed by atoms with Crippen molar-refractivity contribution in [1.29, 1.82) is 0 Å². The van der Waals surface area contributed by atoms with E-state index in [0.29, 0.717) is 19.4 Å². The molecule has 1 saturated heterocycles. The van der Waals surface area contributed by atoms with Crippen LogP contribution in [-0.2, 0) is 11.2 Å². The molecule has 0 aliphatic carbocycles. The smallest absolute Gasteiger partial charge is 0.315 e. The van der Waals surface area contributed by atoms with E-state index in [0.717, 1.165) is 12.8 Å². The summed E-state index contributed by atoms with van der Waals surface area (Å²) in [5.41, 5.74) is 1.22. The molecule has 1 fully saturated rings. The number of nitrogens with zero attached hydrogens (tertiary/aromatic N) is 1. The second-order valence-electron chi connectivity index (χ2n) is 5.92. The van der Waals surface area contributed by atoms with E-state index in [2.05, 4.69) is 29.7 Å². The largest absolute Gasteiger partial charge is 0.344 e. The van der Waals surface area contributed by atoms with E-state index < -0.39 is 0 Å². The molecule has 5 nitrogen and oxygen atoms in total. The molecule has 1 aliphatic heterocycles. The van der Waals surface area contributed by atoms with E-state index >= 15 is 0 Å². The first-order valence-electron chi connectivity index (χ1n) is 7.93. The van der Waals surface area contributed by atoms with Gasteiger partial charge in [-0.2, -0.15) is 0 Å². The van der Waals surface area contributed by atoms with Gasteiger partial charge in [0.1, 0.15) is 0 Å². The van der Waals surface area contributed by atoms with Crippen LogP contribution in [0.1, 0.15) is 31.7 Å². The van der Waals surface area contributed by atoms with Crippen LogP contribution in [0.5, 0.6) is 0 Å². The SMILES string of the molecule is CC[C@@H](Cc1ccccc1)NC(=O)N[C@@H]1CCC(=O)N(C)C1. The second kappa shape index (κ2) is 7.82. The molecule has 2 N–H and O–H groups in total. The minimum absolute atomic E-state index is 0.0388. The molecule has 1 aromatic rings. The number of amides is 3. The van der Waals surface area contributed by atoms with Crippen LogP contribution in [0, 0.1) is 0 Å². The lowest BCUT2D eigenvalue weighted by atomic mass is 10.0. The molecule has 1 aliphatic rings. The molecular weight excluding hydrogens is 278 g/mol. The van der Waals surface area contributed by atoms with Gasteiger partial charge in [-0.25, -0.2) is 4.79 Å². The summed E-state index contributed by atoms with van der Waals surface area (Å²) in [6.07, 6.45) is 2.92. The number of rotatable bonds is 5. The Balaban J connectivity index is 1.81. The summed E-state index contributed by atoms with van der Waals surface area (Å²) in [6, 6.07) is 10.2. The second-order valence-corrected chi connectivity index (χ2v) is 5.92. The van der Waals surface area contributed by atoms with E-state index in [1.807, 2.05) is 18.2 Å². The molecule has 0 bridgehead atoms. The summed E-state index contributed by atoms with van der Waals surface area (Å²) < 4.78 is 0. The highest BCUT2D eigenvalue weighted by molar-refractivity contribution is 5.78. The van der Waals surface area contributed by atoms with Gasteiger partial charge in [-0.1, -0.05) is 37.3 Å². The molecule has 5 heteroatoms. The van der Waals surface area contributed by atoms with Crippen LogP contribution in [0.4, 0.5) is 4.79 Å². The number of likely N-dealkylation sites (tertiary alicyclic amines) is 1. The summed E-state index contributed by atoms with van der Waals surface area (Å²) in [4.78, 5) is 25.3. The van der Waals surface area contributed by atoms with Crippen LogP contribution in [-0.4, -0.2) is 42.5 Å². The lowest BCUT2D eigenvalue weighted by Gasteiger charge is -2.30. The zero-order valence-electron chi connectivity index (χ0n) is 13.3. The zero-order chi connectivity index (χ0) is 15.9. The van der Waals surface area contributed by atoms with Gasteiger partial charge in [0.2, 0.25) is 5.91 Å². The molecule has 0 aromatic heterocycles. The van der Waals surface area contributed by atoms with Gasteiger partial charge in [-0.3, -0.25) is 4.79 Å². The van der Waals surface area contributed by atoms with Gasteiger partial charge >= 0.3 is 6.03 Å². The number of likely N-dealkylation sites (N-methyl/N-ethyl adjacent to an activating group) is 1. The van der Waals surface area contributed by atoms with Gasteiger partial charge < -0.3 is 15.5 Å². The first-order chi connectivity index (χ1) is 10.6. The third-order valence-corrected chi connectivity index (χ3v) is 4.11. The molecule has 2 rings (SSSR count). The van der Waals surface area contributed by atoms with Crippen molar-refractivity contribution in [3.63, 3.8) is 0 Å². The van der Waals surface area contributed by atoms with Crippen molar-refractivity contribution in [2.75, 3.05) is 13.6 Å². The zero-order valence-corrected chi connectivity index (χ0v) is 13.3. The van der Waals surface area contributed by atoms with Crippen molar-refractivity contribution in [3.05, 3.63) is 35.9 Å². The fourth-order valence-corrected chi connectivity index (χ4v) is 2.74. The highest BCUT2D eigenvalue weighted by Gasteiger charge is 2.24. The summed E-state index contributed by atoms with van der Waals surface area (Å²) in [7, 11) is 1.78. The third-order valence-electron chi connectivity index (χ3n) is 4.11. The quantitative estimate of drug-likeness (QED) is 0.873. The maximum Gasteiger partial charge on any atom is 0.315 e. The Morgan fingerprint density at radius 2 is 2.09 bits per heavy atom. The van der Waals surface area contributed by atoms with Crippen LogP contribution < -0.4 is 10.6 Å². The fraction of sp³-hybridized carbons (Fsp3) is 0.529. The molecule has 22 heavy (non-hydrogen) atoms. The van der Waals surface area contributed by atoms with Gasteiger partial charge in [-0.05, 0) is 24.8 Å². The van der Waals surface area contributed by atoms with Crippen LogP contribution in [0.25, 0.3) is 0 Å². The lowest BCUT2D eigenvalue weighted by molar-refractivity contribution is -0.132. The summed E-state index contributed by atoms with van der Waals surface area (Å²) in [5, 5.41) is 6.01. The van der Waals surface area contributed by atoms with Crippen LogP contribution >= 0.6 is 0 Å². The summed E-state index contributed by atoms with van der Waals surface area (Å²) in [5.74, 6) is 0.147. The van der Waals surface area contributed by atoms with Crippen molar-refractivity contribution >= 4 is 11.9 Å². The number of hydrogen-bond acceptors (Lipinski definition) is 2. The van der Waals surface area contributed by atoms with Crippen molar-refractivity contribution in [3.8, 4) is 0 Å². The molecule has 1 heterocycles. The molecule has 120 valence electrons. The Bertz CT molecular complexity index is 504.